The van der Waals surface area contributed by atoms with Gasteiger partial charge in [0.05, 0.1) is 18.2 Å². The highest BCUT2D eigenvalue weighted by atomic mass is 35.5. The van der Waals surface area contributed by atoms with Crippen molar-refractivity contribution >= 4 is 23.2 Å². The van der Waals surface area contributed by atoms with Crippen molar-refractivity contribution in [2.75, 3.05) is 13.7 Å². The highest BCUT2D eigenvalue weighted by Crippen LogP contribution is 2.37. The lowest BCUT2D eigenvalue weighted by Gasteiger charge is -2.16. The Morgan fingerprint density at radius 2 is 1.76 bits per heavy atom. The second-order valence-electron chi connectivity index (χ2n) is 6.59. The number of rotatable bonds is 9. The lowest BCUT2D eigenvalue weighted by atomic mass is 10.1. The van der Waals surface area contributed by atoms with E-state index in [0.29, 0.717) is 41.2 Å². The molecule has 3 rings (SSSR count). The molecule has 1 atom stereocenters. The Morgan fingerprint density at radius 3 is 2.48 bits per heavy atom. The highest BCUT2D eigenvalue weighted by Gasteiger charge is 2.13. The van der Waals surface area contributed by atoms with Crippen LogP contribution in [0.15, 0.2) is 66.7 Å². The van der Waals surface area contributed by atoms with Crippen LogP contribution in [0.25, 0.3) is 0 Å². The van der Waals surface area contributed by atoms with Crippen LogP contribution < -0.4 is 14.8 Å². The summed E-state index contributed by atoms with van der Waals surface area (Å²) >= 11 is 12.5. The molecule has 0 heterocycles. The van der Waals surface area contributed by atoms with Gasteiger partial charge in [0.1, 0.15) is 6.61 Å². The van der Waals surface area contributed by atoms with E-state index < -0.39 is 6.10 Å². The topological polar surface area (TPSA) is 50.7 Å². The molecule has 0 aliphatic carbocycles. The van der Waals surface area contributed by atoms with Gasteiger partial charge in [-0.25, -0.2) is 0 Å². The molecule has 0 saturated carbocycles. The summed E-state index contributed by atoms with van der Waals surface area (Å²) < 4.78 is 11.3. The van der Waals surface area contributed by atoms with Crippen LogP contribution in [-0.4, -0.2) is 18.8 Å². The number of nitrogens with one attached hydrogen (secondary N) is 1. The third-order valence-electron chi connectivity index (χ3n) is 4.41. The minimum absolute atomic E-state index is 0.331. The minimum Gasteiger partial charge on any atom is -0.493 e. The van der Waals surface area contributed by atoms with E-state index in [0.717, 1.165) is 16.7 Å². The van der Waals surface area contributed by atoms with Gasteiger partial charge in [0.25, 0.3) is 0 Å². The van der Waals surface area contributed by atoms with Crippen LogP contribution in [0.3, 0.4) is 0 Å². The Kier molecular flexibility index (Phi) is 7.78. The summed E-state index contributed by atoms with van der Waals surface area (Å²) in [5.41, 5.74) is 2.75. The molecule has 0 amide bonds. The van der Waals surface area contributed by atoms with E-state index in [4.69, 9.17) is 32.7 Å². The molecular formula is C23H23Cl2NO3. The van der Waals surface area contributed by atoms with Gasteiger partial charge in [-0.2, -0.15) is 0 Å². The summed E-state index contributed by atoms with van der Waals surface area (Å²) in [6.07, 6.45) is -0.575. The van der Waals surface area contributed by atoms with E-state index >= 15 is 0 Å². The molecule has 0 spiro atoms. The first-order valence-electron chi connectivity index (χ1n) is 9.24. The number of ether oxygens (including phenoxy) is 2. The van der Waals surface area contributed by atoms with Gasteiger partial charge in [-0.05, 0) is 41.0 Å². The van der Waals surface area contributed by atoms with Gasteiger partial charge < -0.3 is 19.9 Å². The van der Waals surface area contributed by atoms with Crippen LogP contribution in [0.4, 0.5) is 0 Å². The largest absolute Gasteiger partial charge is 0.493 e. The number of methoxy groups -OCH3 is 1. The minimum atomic E-state index is -0.575. The lowest BCUT2D eigenvalue weighted by Crippen LogP contribution is -2.21. The standard InChI is InChI=1S/C23H23Cl2NO3/c1-28-22-12-17(13-26-14-21(27)18-7-3-2-4-8-18)11-20(25)23(22)29-15-16-6-5-9-19(24)10-16/h2-12,21,26-27H,13-15H2,1H3/t21-/m1/s1. The Labute approximate surface area is 181 Å². The van der Waals surface area contributed by atoms with Crippen molar-refractivity contribution in [3.8, 4) is 11.5 Å². The molecule has 0 radical (unpaired) electrons. The maximum absolute atomic E-state index is 10.3. The Morgan fingerprint density at radius 1 is 0.966 bits per heavy atom. The number of aliphatic hydroxyl groups excluding tert-OH is 1. The summed E-state index contributed by atoms with van der Waals surface area (Å²) in [6, 6.07) is 20.7. The highest BCUT2D eigenvalue weighted by molar-refractivity contribution is 6.32. The SMILES string of the molecule is COc1cc(CNC[C@@H](O)c2ccccc2)cc(Cl)c1OCc1cccc(Cl)c1. The molecule has 4 nitrogen and oxygen atoms in total. The van der Waals surface area contributed by atoms with Crippen LogP contribution in [0.1, 0.15) is 22.8 Å². The van der Waals surface area contributed by atoms with E-state index in [1.54, 1.807) is 7.11 Å². The van der Waals surface area contributed by atoms with Crippen molar-refractivity contribution in [3.63, 3.8) is 0 Å². The van der Waals surface area contributed by atoms with Gasteiger partial charge in [0, 0.05) is 18.1 Å². The van der Waals surface area contributed by atoms with Crippen molar-refractivity contribution in [1.82, 2.24) is 5.32 Å². The number of hydrogen-bond acceptors (Lipinski definition) is 4. The van der Waals surface area contributed by atoms with Gasteiger partial charge in [-0.15, -0.1) is 0 Å². The predicted molar refractivity (Wildman–Crippen MR) is 117 cm³/mol. The van der Waals surface area contributed by atoms with E-state index in [9.17, 15) is 5.11 Å². The molecule has 6 heteroatoms. The average molecular weight is 432 g/mol. The number of hydrogen-bond donors (Lipinski definition) is 2. The molecule has 0 aliphatic rings. The molecule has 152 valence electrons. The summed E-state index contributed by atoms with van der Waals surface area (Å²) in [5, 5.41) is 14.6. The molecule has 0 unspecified atom stereocenters. The van der Waals surface area contributed by atoms with Crippen molar-refractivity contribution in [1.29, 1.82) is 0 Å². The van der Waals surface area contributed by atoms with Crippen molar-refractivity contribution in [3.05, 3.63) is 93.5 Å². The van der Waals surface area contributed by atoms with Crippen molar-refractivity contribution in [2.45, 2.75) is 19.3 Å². The maximum atomic E-state index is 10.3. The fourth-order valence-corrected chi connectivity index (χ4v) is 3.44. The second kappa shape index (κ2) is 10.5. The molecular weight excluding hydrogens is 409 g/mol. The normalized spacial score (nSPS) is 11.9. The number of aliphatic hydroxyl groups is 1. The van der Waals surface area contributed by atoms with Gasteiger partial charge in [0.15, 0.2) is 11.5 Å². The summed E-state index contributed by atoms with van der Waals surface area (Å²) in [7, 11) is 1.58. The van der Waals surface area contributed by atoms with Crippen LogP contribution in [0.2, 0.25) is 10.0 Å². The number of benzene rings is 3. The predicted octanol–water partition coefficient (Wildman–Crippen LogP) is 5.40. The first-order valence-corrected chi connectivity index (χ1v) is 10.00. The summed E-state index contributed by atoms with van der Waals surface area (Å²) in [6.45, 7) is 1.29. The van der Waals surface area contributed by atoms with Crippen LogP contribution in [0, 0.1) is 0 Å². The Bertz CT molecular complexity index is 935. The zero-order valence-electron chi connectivity index (χ0n) is 16.1. The fourth-order valence-electron chi connectivity index (χ4n) is 2.94. The molecule has 0 aliphatic heterocycles. The van der Waals surface area contributed by atoms with Gasteiger partial charge in [0.2, 0.25) is 0 Å². The molecule has 0 saturated heterocycles. The first kappa shape index (κ1) is 21.5. The van der Waals surface area contributed by atoms with Gasteiger partial charge in [-0.3, -0.25) is 0 Å². The maximum Gasteiger partial charge on any atom is 0.180 e. The second-order valence-corrected chi connectivity index (χ2v) is 7.43. The number of halogens is 2. The van der Waals surface area contributed by atoms with Gasteiger partial charge in [-0.1, -0.05) is 65.7 Å². The van der Waals surface area contributed by atoms with Crippen LogP contribution in [-0.2, 0) is 13.2 Å². The fraction of sp³-hybridized carbons (Fsp3) is 0.217. The third kappa shape index (κ3) is 6.12. The molecule has 3 aromatic carbocycles. The van der Waals surface area contributed by atoms with E-state index in [2.05, 4.69) is 5.32 Å². The van der Waals surface area contributed by atoms with Crippen LogP contribution in [0.5, 0.6) is 11.5 Å². The van der Waals surface area contributed by atoms with Crippen LogP contribution >= 0.6 is 23.2 Å². The zero-order valence-corrected chi connectivity index (χ0v) is 17.6. The monoisotopic (exact) mass is 431 g/mol. The van der Waals surface area contributed by atoms with Gasteiger partial charge >= 0.3 is 0 Å². The molecule has 0 bridgehead atoms. The van der Waals surface area contributed by atoms with E-state index in [-0.39, 0.29) is 0 Å². The van der Waals surface area contributed by atoms with E-state index in [1.165, 1.54) is 0 Å². The molecule has 0 aromatic heterocycles. The van der Waals surface area contributed by atoms with Crippen molar-refractivity contribution < 1.29 is 14.6 Å². The quantitative estimate of drug-likeness (QED) is 0.475. The summed E-state index contributed by atoms with van der Waals surface area (Å²) in [4.78, 5) is 0. The molecule has 29 heavy (non-hydrogen) atoms. The molecule has 3 aromatic rings. The molecule has 2 N–H and O–H groups in total. The Balaban J connectivity index is 1.61. The zero-order chi connectivity index (χ0) is 20.6. The Hall–Kier alpha value is -2.24. The summed E-state index contributed by atoms with van der Waals surface area (Å²) in [5.74, 6) is 1.04. The average Bonchev–Trinajstić information content (AvgIpc) is 2.73. The first-order chi connectivity index (χ1) is 14.1. The van der Waals surface area contributed by atoms with Crippen molar-refractivity contribution in [2.24, 2.45) is 0 Å². The van der Waals surface area contributed by atoms with E-state index in [1.807, 2.05) is 66.7 Å². The molecule has 0 fully saturated rings. The third-order valence-corrected chi connectivity index (χ3v) is 4.93. The lowest BCUT2D eigenvalue weighted by molar-refractivity contribution is 0.174. The smallest absolute Gasteiger partial charge is 0.180 e.